The van der Waals surface area contributed by atoms with Crippen LogP contribution in [0, 0.1) is 11.8 Å². The highest BCUT2D eigenvalue weighted by atomic mass is 35.5. The van der Waals surface area contributed by atoms with Crippen LogP contribution in [0.15, 0.2) is 67.0 Å². The third kappa shape index (κ3) is 11.7. The molecule has 1 fully saturated rings. The molecule has 288 valence electrons. The van der Waals surface area contributed by atoms with Gasteiger partial charge in [-0.25, -0.2) is 0 Å². The summed E-state index contributed by atoms with van der Waals surface area (Å²) < 4.78 is 11.4. The minimum atomic E-state index is -1.15. The molecule has 3 heterocycles. The first kappa shape index (κ1) is 40.0. The molecule has 4 atom stereocenters. The van der Waals surface area contributed by atoms with Crippen molar-refractivity contribution in [3.8, 4) is 11.5 Å². The molecule has 2 bridgehead atoms. The number of nitrogens with zero attached hydrogens (tertiary/aromatic N) is 2. The zero-order valence-electron chi connectivity index (χ0n) is 31.1. The maximum atomic E-state index is 14.2. The van der Waals surface area contributed by atoms with Gasteiger partial charge in [0.05, 0.1) is 30.3 Å². The van der Waals surface area contributed by atoms with Gasteiger partial charge in [-0.05, 0) is 79.5 Å². The Morgan fingerprint density at radius 2 is 1.72 bits per heavy atom. The lowest BCUT2D eigenvalue weighted by atomic mass is 10.0. The van der Waals surface area contributed by atoms with Crippen molar-refractivity contribution in [2.24, 2.45) is 11.8 Å². The summed E-state index contributed by atoms with van der Waals surface area (Å²) in [6.45, 7) is 6.10. The molecule has 0 radical (unpaired) electrons. The molecule has 3 aromatic rings. The van der Waals surface area contributed by atoms with E-state index in [4.69, 9.17) is 21.1 Å². The van der Waals surface area contributed by atoms with Gasteiger partial charge >= 0.3 is 0 Å². The number of benzene rings is 2. The lowest BCUT2D eigenvalue weighted by Gasteiger charge is -2.29. The van der Waals surface area contributed by atoms with Crippen LogP contribution in [-0.2, 0) is 32.0 Å². The number of ether oxygens (including phenoxy) is 2. The normalized spacial score (nSPS) is 21.8. The van der Waals surface area contributed by atoms with E-state index < -0.39 is 41.8 Å². The van der Waals surface area contributed by atoms with E-state index in [0.29, 0.717) is 35.6 Å². The summed E-state index contributed by atoms with van der Waals surface area (Å²) >= 11 is 6.27. The van der Waals surface area contributed by atoms with Gasteiger partial charge in [-0.2, -0.15) is 0 Å². The quantitative estimate of drug-likeness (QED) is 0.241. The summed E-state index contributed by atoms with van der Waals surface area (Å²) in [5.41, 5.74) is 1.55. The number of pyridine rings is 1. The zero-order chi connectivity index (χ0) is 38.8. The number of methoxy groups -OCH3 is 1. The number of hydrogen-bond donors (Lipinski definition) is 4. The van der Waals surface area contributed by atoms with Crippen molar-refractivity contribution in [1.29, 1.82) is 0 Å². The average Bonchev–Trinajstić information content (AvgIpc) is 3.97. The van der Waals surface area contributed by atoms with E-state index in [1.165, 1.54) is 23.4 Å². The highest BCUT2D eigenvalue weighted by molar-refractivity contribution is 6.33. The zero-order valence-corrected chi connectivity index (χ0v) is 31.9. The van der Waals surface area contributed by atoms with E-state index in [1.807, 2.05) is 0 Å². The number of carbonyl (C=O) groups excluding carboxylic acids is 5. The Morgan fingerprint density at radius 3 is 2.37 bits per heavy atom. The number of nitrogens with one attached hydrogen (secondary N) is 4. The molecule has 0 unspecified atom stereocenters. The molecule has 4 N–H and O–H groups in total. The van der Waals surface area contributed by atoms with E-state index >= 15 is 0 Å². The average molecular weight is 761 g/mol. The van der Waals surface area contributed by atoms with Gasteiger partial charge < -0.3 is 35.6 Å². The predicted octanol–water partition coefficient (Wildman–Crippen LogP) is 3.48. The minimum Gasteiger partial charge on any atom is -0.497 e. The summed E-state index contributed by atoms with van der Waals surface area (Å²) in [4.78, 5) is 74.4. The van der Waals surface area contributed by atoms with Crippen molar-refractivity contribution in [3.63, 3.8) is 0 Å². The fourth-order valence-corrected chi connectivity index (χ4v) is 6.52. The number of fused-ring (bicyclic) bond motifs is 17. The van der Waals surface area contributed by atoms with Gasteiger partial charge in [-0.3, -0.25) is 29.0 Å². The molecule has 1 saturated carbocycles. The van der Waals surface area contributed by atoms with Crippen LogP contribution < -0.4 is 30.7 Å². The molecule has 54 heavy (non-hydrogen) atoms. The van der Waals surface area contributed by atoms with Crippen LogP contribution in [0.3, 0.4) is 0 Å². The van der Waals surface area contributed by atoms with Crippen molar-refractivity contribution >= 4 is 41.1 Å². The summed E-state index contributed by atoms with van der Waals surface area (Å²) in [6.07, 6.45) is 5.45. The molecule has 5 amide bonds. The lowest BCUT2D eigenvalue weighted by Crippen LogP contribution is -2.58. The first-order chi connectivity index (χ1) is 25.9. The van der Waals surface area contributed by atoms with Crippen molar-refractivity contribution in [3.05, 3.63) is 88.7 Å². The van der Waals surface area contributed by atoms with Crippen LogP contribution in [-0.4, -0.2) is 90.4 Å². The van der Waals surface area contributed by atoms with Crippen molar-refractivity contribution in [2.45, 2.75) is 77.0 Å². The standard InChI is InChI=1S/C40H49ClN6O7/c1-24(2)17-29-23-54-31-13-9-27(10-14-31)19-35(45-37(49)32-15-16-42-20-33(32)41)39(51)46-34(18-26-7-11-30(53-4)12-8-26)38(50)43-25(3)40(52)47(21-28-5-6-28)22-36(48)44-29/h7-16,20,24-25,28-29,34-35H,5-6,17-19,21-23H2,1-4H3,(H,43,50)(H,44,48)(H,45,49)(H,46,51)/t25-,29+,34+,35+/m1/s1. The third-order valence-corrected chi connectivity index (χ3v) is 9.66. The number of amides is 5. The van der Waals surface area contributed by atoms with Crippen LogP contribution in [0.2, 0.25) is 5.02 Å². The van der Waals surface area contributed by atoms with Gasteiger partial charge in [0.1, 0.15) is 36.2 Å². The monoisotopic (exact) mass is 760 g/mol. The molecule has 13 nitrogen and oxygen atoms in total. The summed E-state index contributed by atoms with van der Waals surface area (Å²) in [5.74, 6) is -0.835. The predicted molar refractivity (Wildman–Crippen MR) is 203 cm³/mol. The molecular formula is C40H49ClN6O7. The summed E-state index contributed by atoms with van der Waals surface area (Å²) in [5, 5.41) is 11.6. The van der Waals surface area contributed by atoms with Crippen LogP contribution in [0.25, 0.3) is 0 Å². The second-order valence-corrected chi connectivity index (χ2v) is 14.8. The van der Waals surface area contributed by atoms with Crippen LogP contribution in [0.4, 0.5) is 0 Å². The Balaban J connectivity index is 1.48. The fraction of sp³-hybridized carbons (Fsp3) is 0.450. The molecule has 1 aromatic heterocycles. The SMILES string of the molecule is COc1ccc(C[C@@H]2NC(=O)[C@@H](NC(=O)c3ccncc3Cl)Cc3ccc(cc3)OC[C@H](CC(C)C)NC(=O)CN(CC3CC3)C(=O)[C@@H](C)NC2=O)cc1. The van der Waals surface area contributed by atoms with Gasteiger partial charge in [-0.1, -0.05) is 49.7 Å². The highest BCUT2D eigenvalue weighted by Crippen LogP contribution is 2.30. The number of hydrogen-bond acceptors (Lipinski definition) is 8. The molecule has 0 saturated heterocycles. The van der Waals surface area contributed by atoms with E-state index in [-0.39, 0.29) is 60.4 Å². The fourth-order valence-electron chi connectivity index (χ4n) is 6.32. The van der Waals surface area contributed by atoms with Crippen LogP contribution >= 0.6 is 11.6 Å². The second kappa shape index (κ2) is 18.7. The molecule has 1 aliphatic carbocycles. The Kier molecular flexibility index (Phi) is 13.9. The van der Waals surface area contributed by atoms with E-state index in [9.17, 15) is 24.0 Å². The van der Waals surface area contributed by atoms with Crippen LogP contribution in [0.5, 0.6) is 11.5 Å². The number of aromatic nitrogens is 1. The van der Waals surface area contributed by atoms with Crippen molar-refractivity contribution in [2.75, 3.05) is 26.8 Å². The van der Waals surface area contributed by atoms with Gasteiger partial charge in [0.15, 0.2) is 0 Å². The number of rotatable bonds is 9. The summed E-state index contributed by atoms with van der Waals surface area (Å²) in [7, 11) is 1.55. The van der Waals surface area contributed by atoms with E-state index in [1.54, 1.807) is 62.6 Å². The second-order valence-electron chi connectivity index (χ2n) is 14.4. The molecule has 14 heteroatoms. The maximum Gasteiger partial charge on any atom is 0.253 e. The number of halogens is 1. The third-order valence-electron chi connectivity index (χ3n) is 9.36. The molecule has 2 aliphatic heterocycles. The maximum absolute atomic E-state index is 14.2. The smallest absolute Gasteiger partial charge is 0.253 e. The molecule has 3 aliphatic rings. The Morgan fingerprint density at radius 1 is 1.00 bits per heavy atom. The molecule has 6 rings (SSSR count). The van der Waals surface area contributed by atoms with Gasteiger partial charge in [-0.15, -0.1) is 0 Å². The van der Waals surface area contributed by atoms with Gasteiger partial charge in [0.2, 0.25) is 23.6 Å². The van der Waals surface area contributed by atoms with Gasteiger partial charge in [0.25, 0.3) is 5.91 Å². The first-order valence-electron chi connectivity index (χ1n) is 18.3. The van der Waals surface area contributed by atoms with Crippen LogP contribution in [0.1, 0.15) is 61.5 Å². The van der Waals surface area contributed by atoms with Gasteiger partial charge in [0, 0.05) is 31.8 Å². The highest BCUT2D eigenvalue weighted by Gasteiger charge is 2.34. The Hall–Kier alpha value is -5.17. The molecule has 2 aromatic carbocycles. The van der Waals surface area contributed by atoms with Crippen molar-refractivity contribution in [1.82, 2.24) is 31.2 Å². The molecule has 0 spiro atoms. The topological polar surface area (TPSA) is 168 Å². The molecular weight excluding hydrogens is 712 g/mol. The van der Waals surface area contributed by atoms with Crippen molar-refractivity contribution < 1.29 is 33.4 Å². The van der Waals surface area contributed by atoms with E-state index in [2.05, 4.69) is 40.1 Å². The van der Waals surface area contributed by atoms with E-state index in [0.717, 1.165) is 12.8 Å². The largest absolute Gasteiger partial charge is 0.497 e. The Bertz CT molecular complexity index is 1780. The lowest BCUT2D eigenvalue weighted by molar-refractivity contribution is -0.140. The summed E-state index contributed by atoms with van der Waals surface area (Å²) in [6, 6.07) is 12.0. The minimum absolute atomic E-state index is 0.0640. The Labute approximate surface area is 320 Å². The number of carbonyl (C=O) groups is 5. The first-order valence-corrected chi connectivity index (χ1v) is 18.7.